The van der Waals surface area contributed by atoms with E-state index in [1.54, 1.807) is 12.1 Å². The van der Waals surface area contributed by atoms with Gasteiger partial charge in [-0.2, -0.15) is 0 Å². The van der Waals surface area contributed by atoms with E-state index >= 15 is 0 Å². The molecule has 0 radical (unpaired) electrons. The monoisotopic (exact) mass is 481 g/mol. The van der Waals surface area contributed by atoms with E-state index in [0.29, 0.717) is 48.1 Å². The Kier molecular flexibility index (Phi) is 6.76. The van der Waals surface area contributed by atoms with Crippen LogP contribution >= 0.6 is 0 Å². The highest BCUT2D eigenvalue weighted by Crippen LogP contribution is 2.26. The van der Waals surface area contributed by atoms with E-state index in [2.05, 4.69) is 20.6 Å². The van der Waals surface area contributed by atoms with Crippen molar-refractivity contribution < 1.29 is 23.4 Å². The zero-order valence-corrected chi connectivity index (χ0v) is 19.4. The Morgan fingerprint density at radius 1 is 1.26 bits per heavy atom. The number of amides is 1. The van der Waals surface area contributed by atoms with Gasteiger partial charge in [0.05, 0.1) is 31.0 Å². The van der Waals surface area contributed by atoms with Crippen molar-refractivity contribution in [2.75, 3.05) is 25.6 Å². The summed E-state index contributed by atoms with van der Waals surface area (Å²) in [5.74, 6) is 0.928. The second-order valence-electron chi connectivity index (χ2n) is 8.87. The molecule has 1 aromatic carbocycles. The number of nitrogens with two attached hydrogens (primary N) is 1. The maximum atomic E-state index is 14.7. The van der Waals surface area contributed by atoms with Gasteiger partial charge in [-0.1, -0.05) is 0 Å². The molecule has 2 aliphatic rings. The van der Waals surface area contributed by atoms with Crippen molar-refractivity contribution >= 4 is 22.6 Å². The number of fused-ring (bicyclic) bond motifs is 2. The lowest BCUT2D eigenvalue weighted by Gasteiger charge is -2.33. The quantitative estimate of drug-likeness (QED) is 0.470. The zero-order valence-electron chi connectivity index (χ0n) is 19.4. The average Bonchev–Trinajstić information content (AvgIpc) is 2.87. The number of nitrogens with zero attached hydrogens (tertiary/aromatic N) is 2. The van der Waals surface area contributed by atoms with Crippen LogP contribution in [0.4, 0.5) is 10.2 Å². The Bertz CT molecular complexity index is 1230. The van der Waals surface area contributed by atoms with Crippen LogP contribution in [-0.2, 0) is 22.5 Å². The highest BCUT2D eigenvalue weighted by Gasteiger charge is 2.27. The number of ether oxygens (including phenoxy) is 3. The van der Waals surface area contributed by atoms with Crippen LogP contribution in [0, 0.1) is 5.82 Å². The molecule has 3 aromatic rings. The van der Waals surface area contributed by atoms with Crippen LogP contribution < -0.4 is 25.8 Å². The van der Waals surface area contributed by atoms with Gasteiger partial charge in [-0.25, -0.2) is 14.4 Å². The number of methoxy groups -OCH3 is 1. The second kappa shape index (κ2) is 10.1. The van der Waals surface area contributed by atoms with Crippen molar-refractivity contribution in [1.29, 1.82) is 0 Å². The molecule has 2 aromatic heterocycles. The van der Waals surface area contributed by atoms with Crippen molar-refractivity contribution in [3.8, 4) is 11.6 Å². The summed E-state index contributed by atoms with van der Waals surface area (Å²) in [5, 5.41) is 7.00. The van der Waals surface area contributed by atoms with Crippen molar-refractivity contribution in [1.82, 2.24) is 15.3 Å². The van der Waals surface area contributed by atoms with Crippen LogP contribution in [0.15, 0.2) is 36.4 Å². The van der Waals surface area contributed by atoms with Crippen LogP contribution in [-0.4, -0.2) is 54.4 Å². The van der Waals surface area contributed by atoms with Gasteiger partial charge < -0.3 is 30.6 Å². The minimum Gasteiger partial charge on any atom is -0.481 e. The third kappa shape index (κ3) is 5.34. The van der Waals surface area contributed by atoms with E-state index in [1.165, 1.54) is 13.2 Å². The van der Waals surface area contributed by atoms with Crippen LogP contribution in [0.1, 0.15) is 24.1 Å². The number of pyridine rings is 2. The Morgan fingerprint density at radius 3 is 2.94 bits per heavy atom. The molecule has 1 fully saturated rings. The van der Waals surface area contributed by atoms with Crippen LogP contribution in [0.3, 0.4) is 0 Å². The Hall–Kier alpha value is -3.34. The summed E-state index contributed by atoms with van der Waals surface area (Å²) in [6.07, 6.45) is 1.89. The van der Waals surface area contributed by atoms with Gasteiger partial charge >= 0.3 is 0 Å². The molecule has 10 heteroatoms. The molecule has 4 N–H and O–H groups in total. The molecule has 0 unspecified atom stereocenters. The van der Waals surface area contributed by atoms with Crippen molar-refractivity contribution in [2.45, 2.75) is 44.0 Å². The molecule has 9 nitrogen and oxygen atoms in total. The lowest BCUT2D eigenvalue weighted by atomic mass is 9.94. The normalized spacial score (nSPS) is 20.6. The third-order valence-electron chi connectivity index (χ3n) is 6.39. The number of carbonyl (C=O) groups excluding carboxylic acids is 1. The summed E-state index contributed by atoms with van der Waals surface area (Å²) in [6.45, 7) is 1.05. The van der Waals surface area contributed by atoms with Crippen LogP contribution in [0.5, 0.6) is 11.6 Å². The first-order valence-electron chi connectivity index (χ1n) is 11.6. The zero-order chi connectivity index (χ0) is 24.4. The molecule has 1 amide bonds. The van der Waals surface area contributed by atoms with Gasteiger partial charge in [-0.05, 0) is 49.1 Å². The summed E-state index contributed by atoms with van der Waals surface area (Å²) in [4.78, 5) is 20.2. The maximum Gasteiger partial charge on any atom is 0.263 e. The smallest absolute Gasteiger partial charge is 0.263 e. The minimum absolute atomic E-state index is 0.00886. The molecule has 0 aliphatic carbocycles. The number of hydrogen-bond acceptors (Lipinski definition) is 8. The Labute approximate surface area is 202 Å². The first-order valence-corrected chi connectivity index (χ1v) is 11.6. The van der Waals surface area contributed by atoms with E-state index < -0.39 is 0 Å². The first kappa shape index (κ1) is 23.4. The number of rotatable bonds is 7. The minimum atomic E-state index is -0.330. The fourth-order valence-electron chi connectivity index (χ4n) is 4.45. The summed E-state index contributed by atoms with van der Waals surface area (Å²) >= 11 is 0. The number of benzene rings is 1. The van der Waals surface area contributed by atoms with Crippen LogP contribution in [0.2, 0.25) is 0 Å². The van der Waals surface area contributed by atoms with Gasteiger partial charge in [0.25, 0.3) is 5.91 Å². The molecule has 2 aliphatic heterocycles. The van der Waals surface area contributed by atoms with Gasteiger partial charge in [-0.15, -0.1) is 0 Å². The van der Waals surface area contributed by atoms with Gasteiger partial charge in [-0.3, -0.25) is 4.79 Å². The van der Waals surface area contributed by atoms with Gasteiger partial charge in [0, 0.05) is 36.1 Å². The molecule has 5 rings (SSSR count). The largest absolute Gasteiger partial charge is 0.481 e. The topological polar surface area (TPSA) is 121 Å². The fraction of sp³-hybridized carbons (Fsp3) is 0.400. The first-order chi connectivity index (χ1) is 17.0. The summed E-state index contributed by atoms with van der Waals surface area (Å²) in [7, 11) is 1.53. The van der Waals surface area contributed by atoms with Crippen LogP contribution in [0.25, 0.3) is 10.9 Å². The number of halogens is 1. The van der Waals surface area contributed by atoms with Gasteiger partial charge in [0.1, 0.15) is 5.82 Å². The predicted octanol–water partition coefficient (Wildman–Crippen LogP) is 2.32. The molecule has 1 saturated heterocycles. The SMILES string of the molecule is COc1ccc2cc(C[C@H](N)[C@@H]3CC[C@@H](NCc4ccc5c(n4)NC(=O)CO5)CO3)c(F)cc2n1. The highest BCUT2D eigenvalue weighted by atomic mass is 19.1. The van der Waals surface area contributed by atoms with E-state index in [-0.39, 0.29) is 36.5 Å². The number of aromatic nitrogens is 2. The molecule has 0 saturated carbocycles. The van der Waals surface area contributed by atoms with E-state index in [9.17, 15) is 9.18 Å². The van der Waals surface area contributed by atoms with Crippen molar-refractivity contribution in [3.05, 3.63) is 53.5 Å². The standard InChI is InChI=1S/C25H28FN5O4/c1-33-24-7-2-14-8-15(18(26)10-20(14)30-24)9-19(27)21-5-4-17(12-34-21)28-11-16-3-6-22-25(29-16)31-23(32)13-35-22/h2-3,6-8,10,17,19,21,28H,4-5,9,11-13,27H2,1H3,(H,29,31,32)/t17-,19+,21+/m1/s1. The average molecular weight is 482 g/mol. The predicted molar refractivity (Wildman–Crippen MR) is 128 cm³/mol. The van der Waals surface area contributed by atoms with E-state index in [4.69, 9.17) is 19.9 Å². The third-order valence-corrected chi connectivity index (χ3v) is 6.39. The number of hydrogen-bond donors (Lipinski definition) is 3. The summed E-state index contributed by atoms with van der Waals surface area (Å²) < 4.78 is 31.2. The van der Waals surface area contributed by atoms with E-state index in [1.807, 2.05) is 18.2 Å². The lowest BCUT2D eigenvalue weighted by molar-refractivity contribution is -0.118. The summed E-state index contributed by atoms with van der Waals surface area (Å²) in [6, 6.07) is 10.4. The second-order valence-corrected chi connectivity index (χ2v) is 8.87. The molecule has 35 heavy (non-hydrogen) atoms. The molecule has 0 spiro atoms. The van der Waals surface area contributed by atoms with E-state index in [0.717, 1.165) is 23.9 Å². The van der Waals surface area contributed by atoms with Gasteiger partial charge in [0.15, 0.2) is 18.2 Å². The number of nitrogens with one attached hydrogen (secondary N) is 2. The maximum absolute atomic E-state index is 14.7. The molecular weight excluding hydrogens is 453 g/mol. The number of carbonyl (C=O) groups is 1. The van der Waals surface area contributed by atoms with Crippen molar-refractivity contribution in [3.63, 3.8) is 0 Å². The fourth-order valence-corrected chi connectivity index (χ4v) is 4.45. The van der Waals surface area contributed by atoms with Crippen molar-refractivity contribution in [2.24, 2.45) is 5.73 Å². The molecule has 3 atom stereocenters. The van der Waals surface area contributed by atoms with Gasteiger partial charge in [0.2, 0.25) is 5.88 Å². The lowest BCUT2D eigenvalue weighted by Crippen LogP contribution is -2.47. The number of anilines is 1. The highest BCUT2D eigenvalue weighted by molar-refractivity contribution is 5.94. The molecule has 0 bridgehead atoms. The Morgan fingerprint density at radius 2 is 2.14 bits per heavy atom. The Balaban J connectivity index is 1.13. The summed E-state index contributed by atoms with van der Waals surface area (Å²) in [5.41, 5.74) is 8.32. The molecule has 184 valence electrons. The molecular formula is C25H28FN5O4. The molecule has 4 heterocycles.